The number of hydrogen-bond acceptors (Lipinski definition) is 28. The summed E-state index contributed by atoms with van der Waals surface area (Å²) in [4.78, 5) is 84.5. The first-order valence-corrected chi connectivity index (χ1v) is 52.1. The van der Waals surface area contributed by atoms with Gasteiger partial charge in [0, 0.05) is 181 Å². The van der Waals surface area contributed by atoms with Crippen molar-refractivity contribution < 1.29 is 113 Å². The van der Waals surface area contributed by atoms with Gasteiger partial charge in [0.1, 0.15) is 62.2 Å². The largest absolute Gasteiger partial charge is 0.594 e. The average molecular weight is 2090 g/mol. The van der Waals surface area contributed by atoms with E-state index in [9.17, 15) is 75.9 Å². The number of rotatable bonds is 16. The van der Waals surface area contributed by atoms with Gasteiger partial charge in [-0.1, -0.05) is 91.6 Å². The molecule has 15 rings (SSSR count). The number of alkyl halides is 3. The van der Waals surface area contributed by atoms with E-state index in [1.165, 1.54) is 50.8 Å². The van der Waals surface area contributed by atoms with Gasteiger partial charge in [0.2, 0.25) is 0 Å². The predicted molar refractivity (Wildman–Crippen MR) is 510 cm³/mol. The molecule has 0 radical (unpaired) electrons. The molecule has 5 spiro atoms. The number of likely N-dealkylation sites (tertiary alicyclic amines) is 3. The van der Waals surface area contributed by atoms with Crippen molar-refractivity contribution in [3.05, 3.63) is 75.9 Å². The monoisotopic (exact) mass is 2090 g/mol. The molecule has 5 saturated heterocycles. The van der Waals surface area contributed by atoms with E-state index < -0.39 is 87.6 Å². The van der Waals surface area contributed by atoms with Gasteiger partial charge in [0.05, 0.1) is 0 Å². The zero-order valence-electron chi connectivity index (χ0n) is 82.7. The van der Waals surface area contributed by atoms with E-state index in [0.29, 0.717) is 103 Å². The Morgan fingerprint density at radius 1 is 0.565 bits per heavy atom. The Hall–Kier alpha value is -8.34. The smallest absolute Gasteiger partial charge is 0.493 e. The fraction of sp³-hybridized carbons (Fsp3) is 0.721. The van der Waals surface area contributed by atoms with Crippen LogP contribution in [0.2, 0.25) is 15.5 Å². The number of anilines is 2. The van der Waals surface area contributed by atoms with Gasteiger partial charge in [-0.25, -0.2) is 58.0 Å². The third kappa shape index (κ3) is 30.8. The van der Waals surface area contributed by atoms with Gasteiger partial charge < -0.3 is 69.0 Å². The van der Waals surface area contributed by atoms with E-state index in [-0.39, 0.29) is 64.8 Å². The Balaban J connectivity index is 0.000000198. The van der Waals surface area contributed by atoms with Crippen LogP contribution in [-0.2, 0) is 74.1 Å². The van der Waals surface area contributed by atoms with Crippen LogP contribution in [0.5, 0.6) is 0 Å². The summed E-state index contributed by atoms with van der Waals surface area (Å²) in [6.07, 6.45) is 6.18. The van der Waals surface area contributed by atoms with E-state index >= 15 is 0 Å². The number of halogens is 6. The molecule has 10 heterocycles. The summed E-state index contributed by atoms with van der Waals surface area (Å²) in [5.74, 6) is -1.56. The molecule has 5 aliphatic heterocycles. The van der Waals surface area contributed by atoms with Crippen molar-refractivity contribution >= 4 is 140 Å². The molecule has 138 heavy (non-hydrogen) atoms. The minimum Gasteiger partial charge on any atom is -0.594 e. The maximum Gasteiger partial charge on any atom is 0.493 e. The third-order valence-electron chi connectivity index (χ3n) is 23.9. The molecule has 0 bridgehead atoms. The summed E-state index contributed by atoms with van der Waals surface area (Å²) in [5.41, 5.74) is 2.62. The normalized spacial score (nSPS) is 20.3. The van der Waals surface area contributed by atoms with Crippen LogP contribution < -0.4 is 44.5 Å². The van der Waals surface area contributed by atoms with E-state index in [2.05, 4.69) is 47.0 Å². The fourth-order valence-corrected chi connectivity index (χ4v) is 22.9. The number of ether oxygens (including phenoxy) is 5. The van der Waals surface area contributed by atoms with Crippen LogP contribution in [0, 0.1) is 40.9 Å². The number of aromatic nitrogens is 7. The van der Waals surface area contributed by atoms with Gasteiger partial charge in [-0.05, 0) is 184 Å². The molecular weight excluding hydrogens is 1950 g/mol. The van der Waals surface area contributed by atoms with Crippen molar-refractivity contribution in [2.24, 2.45) is 41.8 Å². The number of aryl methyl sites for hydroxylation is 2. The zero-order valence-corrected chi connectivity index (χ0v) is 88.3. The third-order valence-corrected chi connectivity index (χ3v) is 29.9. The molecule has 8 N–H and O–H groups in total. The molecule has 5 saturated carbocycles. The molecule has 10 fully saturated rings. The maximum atomic E-state index is 12.6. The van der Waals surface area contributed by atoms with Gasteiger partial charge in [-0.3, -0.25) is 4.79 Å². The molecule has 5 aromatic rings. The number of nitrogens with zero attached hydrogens (tertiary/aromatic N) is 16. The number of carbonyl (C=O) groups excluding carboxylic acids is 5. The van der Waals surface area contributed by atoms with Gasteiger partial charge in [0.15, 0.2) is 29.4 Å². The molecule has 5 aliphatic carbocycles. The quantitative estimate of drug-likeness (QED) is 0.0232. The van der Waals surface area contributed by atoms with Crippen molar-refractivity contribution in [1.82, 2.24) is 72.2 Å². The number of amides is 4. The molecule has 778 valence electrons. The molecule has 5 aromatic heterocycles. The van der Waals surface area contributed by atoms with Crippen molar-refractivity contribution in [2.45, 2.75) is 268 Å². The topological polar surface area (TPSA) is 519 Å². The summed E-state index contributed by atoms with van der Waals surface area (Å²) in [5, 5.41) is 45.4. The number of ketones is 1. The number of pyridine rings is 1. The number of fused-ring (bicyclic) bond motifs is 2. The highest BCUT2D eigenvalue weighted by atomic mass is 35.5. The molecule has 10 aliphatic rings. The van der Waals surface area contributed by atoms with Crippen LogP contribution in [0.15, 0.2) is 53.7 Å². The van der Waals surface area contributed by atoms with Crippen LogP contribution in [-0.4, -0.2) is 302 Å². The second kappa shape index (κ2) is 43.5. The lowest BCUT2D eigenvalue weighted by Gasteiger charge is -2.60. The van der Waals surface area contributed by atoms with E-state index in [1.807, 2.05) is 125 Å². The number of carboxylic acid groups (broad SMARTS) is 1. The standard InChI is InChI=1S/C18H33N3O6S.C15H21ClN6O2S.C13H24N2O2.C12H19N3O4S.C11H17NO3.C8H17N3O2S.C7H5Cl2N3.C2HF3O2/c1-8-21(28(24,25)19-14(22)26-16(2,3)4)13-9-18(10-13)11-20(12-18)15(23)27-17(5,6)7;1-3-21(25(17,23)24)11-5-15(6-11)7-20(8-15)14-13-10(2)4-12(16)22(13)19-9-18-14;1-5-14-10-6-13(7-10)8-15(9-13)11(16)17-12(2,3)4;1-12(2,3)19-11(16)13-20(17,18)15-8-6-10(7-9-15)14(4)5;1-10(2,3)15-9(14)12-6-11(7-12)4-8(13)5-11;1-2-11(14(9,12)13)7-3-8(4-7)5-10-6-8;1-4-2-5(8)12-6(4)7(9)10-3-11-12;3-2(4,5)1(6)7/h13H,8-12H2,1-7H3,(H,19,22);4,9,11H,3,5-8H2,1-2H3,(H2,17,23,24);10,14H,5-9H2,1-4H3;6-9H,1-5H3;4-7H2,1-3H3;7,10H,2-6H2,1H3,(H2,9,12,13);2-3H,1H3;(H,6,7). The van der Waals surface area contributed by atoms with Gasteiger partial charge >= 0.3 is 56.9 Å². The fourth-order valence-electron chi connectivity index (χ4n) is 18.2. The van der Waals surface area contributed by atoms with E-state index in [1.54, 1.807) is 85.5 Å². The molecule has 42 nitrogen and oxygen atoms in total. The van der Waals surface area contributed by atoms with Crippen LogP contribution in [0.4, 0.5) is 43.9 Å². The summed E-state index contributed by atoms with van der Waals surface area (Å²) in [6.45, 7) is 48.3. The van der Waals surface area contributed by atoms with Crippen LogP contribution >= 0.6 is 34.8 Å². The lowest BCUT2D eigenvalue weighted by atomic mass is 9.60. The van der Waals surface area contributed by atoms with Crippen LogP contribution in [0.3, 0.4) is 0 Å². The Morgan fingerprint density at radius 3 is 1.28 bits per heavy atom. The molecule has 0 unspecified atom stereocenters. The number of hydrogen-bond donors (Lipinski definition) is 6. The van der Waals surface area contributed by atoms with E-state index in [4.69, 9.17) is 78.7 Å². The number of nitrogens with one attached hydrogen (secondary N) is 3. The first kappa shape index (κ1) is 115. The number of carbonyl (C=O) groups is 6. The Morgan fingerprint density at radius 2 is 0.928 bits per heavy atom. The highest BCUT2D eigenvalue weighted by Gasteiger charge is 2.60. The Bertz CT molecular complexity index is 5640. The lowest BCUT2D eigenvalue weighted by Crippen LogP contribution is -2.68. The molecule has 52 heteroatoms. The van der Waals surface area contributed by atoms with Crippen LogP contribution in [0.25, 0.3) is 11.0 Å². The zero-order chi connectivity index (χ0) is 104. The molecule has 4 amide bonds. The lowest BCUT2D eigenvalue weighted by molar-refractivity contribution is -0.511. The second-order valence-electron chi connectivity index (χ2n) is 42.1. The minimum absolute atomic E-state index is 0.0112. The number of Topliss-reactive ketones (excluding diaryl/α,β-unsaturated/α-hetero) is 1. The van der Waals surface area contributed by atoms with E-state index in [0.717, 1.165) is 109 Å². The highest BCUT2D eigenvalue weighted by molar-refractivity contribution is 7.87. The van der Waals surface area contributed by atoms with Gasteiger partial charge in [0.25, 0.3) is 20.4 Å². The highest BCUT2D eigenvalue weighted by Crippen LogP contribution is 2.54. The average Bonchev–Trinajstić information content (AvgIpc) is 0.938. The van der Waals surface area contributed by atoms with Crippen molar-refractivity contribution in [1.29, 1.82) is 0 Å². The second-order valence-corrected chi connectivity index (χ2v) is 49.4. The minimum atomic E-state index is -5.08. The Labute approximate surface area is 822 Å². The maximum absolute atomic E-state index is 12.6. The van der Waals surface area contributed by atoms with Gasteiger partial charge in [-0.2, -0.15) is 61.5 Å². The summed E-state index contributed by atoms with van der Waals surface area (Å²) in [6, 6.07) is 7.50. The molecule has 0 atom stereocenters. The first-order valence-electron chi connectivity index (χ1n) is 45.1. The van der Waals surface area contributed by atoms with Gasteiger partial charge in [-0.15, -0.1) is 8.42 Å². The van der Waals surface area contributed by atoms with Crippen molar-refractivity contribution in [3.63, 3.8) is 0 Å². The number of nitrogens with two attached hydrogens (primary N) is 2. The molecule has 0 aromatic carbocycles. The SMILES string of the molecule is CC(C)(C)OC(=O)N1CC2(CC(=O)C2)C1.CCN(C1CC2(C1)CN(C(=O)OC(C)(C)C)C2)S(=O)(=O)NC(=O)OC(C)(C)C.CCN(C1CC2(C1)CN(c1ncnn3c(Cl)cc(C)c13)C2)S(N)(=O)=O.CCN(C1CC2(CNC2)C1)S(N)(=O)=O.CCNC1CC2(C1)CN(C(=O)OC(C)(C)C)C2.CN(C)c1cc[n+](S(=O)(=O)N=C([O-])OC(C)(C)C)cc1.Cc1cc(Cl)n2ncnc(Cl)c12.O=C(O)C(F)(F)F. The molecular formula is C86H137Cl3F3N21O21S4. The first-order chi connectivity index (χ1) is 63.0. The van der Waals surface area contributed by atoms with Crippen molar-refractivity contribution in [3.8, 4) is 0 Å². The van der Waals surface area contributed by atoms with Crippen molar-refractivity contribution in [2.75, 3.05) is 116 Å². The Kier molecular flexibility index (Phi) is 36.2. The predicted octanol–water partition coefficient (Wildman–Crippen LogP) is 9.15. The summed E-state index contributed by atoms with van der Waals surface area (Å²) >= 11 is 17.9. The number of aliphatic carboxylic acids is 1. The summed E-state index contributed by atoms with van der Waals surface area (Å²) in [7, 11) is -11.6. The van der Waals surface area contributed by atoms with Crippen LogP contribution in [0.1, 0.15) is 207 Å². The number of carboxylic acids is 1. The summed E-state index contributed by atoms with van der Waals surface area (Å²) < 4.78 is 165.